The van der Waals surface area contributed by atoms with E-state index < -0.39 is 5.97 Å². The monoisotopic (exact) mass is 264 g/mol. The number of carboxylic acid groups (broad SMARTS) is 1. The van der Waals surface area contributed by atoms with E-state index in [0.29, 0.717) is 5.56 Å². The van der Waals surface area contributed by atoms with Crippen LogP contribution in [0.2, 0.25) is 0 Å². The van der Waals surface area contributed by atoms with Gasteiger partial charge in [0.2, 0.25) is 0 Å². The lowest BCUT2D eigenvalue weighted by Crippen LogP contribution is -2.01. The van der Waals surface area contributed by atoms with Crippen molar-refractivity contribution < 1.29 is 9.90 Å². The lowest BCUT2D eigenvalue weighted by atomic mass is 9.89. The Bertz CT molecular complexity index is 860. The van der Waals surface area contributed by atoms with Gasteiger partial charge in [-0.2, -0.15) is 0 Å². The van der Waals surface area contributed by atoms with E-state index in [1.807, 2.05) is 25.1 Å². The van der Waals surface area contributed by atoms with E-state index in [-0.39, 0.29) is 0 Å². The smallest absolute Gasteiger partial charge is 0.335 e. The first-order valence-electron chi connectivity index (χ1n) is 6.67. The van der Waals surface area contributed by atoms with Gasteiger partial charge in [0.25, 0.3) is 0 Å². The second-order valence-electron chi connectivity index (χ2n) is 5.26. The molecule has 0 heterocycles. The zero-order chi connectivity index (χ0) is 14.4. The topological polar surface area (TPSA) is 37.3 Å². The molecule has 0 bridgehead atoms. The molecule has 3 rings (SSSR count). The number of carbonyl (C=O) groups is 1. The van der Waals surface area contributed by atoms with Gasteiger partial charge in [0.15, 0.2) is 0 Å². The number of rotatable bonds is 1. The van der Waals surface area contributed by atoms with Gasteiger partial charge in [-0.25, -0.2) is 4.79 Å². The fraction of sp³-hybridized carbons (Fsp3) is 0.167. The van der Waals surface area contributed by atoms with Crippen LogP contribution in [-0.2, 0) is 0 Å². The van der Waals surface area contributed by atoms with Crippen molar-refractivity contribution in [2.75, 3.05) is 0 Å². The number of benzene rings is 3. The zero-order valence-electron chi connectivity index (χ0n) is 11.8. The third-order valence-electron chi connectivity index (χ3n) is 4.21. The lowest BCUT2D eigenvalue weighted by molar-refractivity contribution is 0.0696. The summed E-state index contributed by atoms with van der Waals surface area (Å²) in [5.41, 5.74) is 3.60. The fourth-order valence-corrected chi connectivity index (χ4v) is 3.16. The van der Waals surface area contributed by atoms with Gasteiger partial charge < -0.3 is 5.11 Å². The predicted octanol–water partition coefficient (Wildman–Crippen LogP) is 4.62. The van der Waals surface area contributed by atoms with Gasteiger partial charge in [0.05, 0.1) is 5.56 Å². The van der Waals surface area contributed by atoms with Crippen LogP contribution in [0.25, 0.3) is 21.5 Å². The standard InChI is InChI=1S/C18H16O2/c1-10-13-6-4-5-7-14(13)11(2)17-12(3)16(18(19)20)9-8-15(10)17/h4-9H,1-3H3,(H,19,20). The van der Waals surface area contributed by atoms with Crippen molar-refractivity contribution in [2.24, 2.45) is 0 Å². The summed E-state index contributed by atoms with van der Waals surface area (Å²) < 4.78 is 0. The molecule has 0 fully saturated rings. The first-order chi connectivity index (χ1) is 9.52. The van der Waals surface area contributed by atoms with Crippen LogP contribution in [-0.4, -0.2) is 11.1 Å². The third-order valence-corrected chi connectivity index (χ3v) is 4.21. The van der Waals surface area contributed by atoms with E-state index in [0.717, 1.165) is 21.9 Å². The fourth-order valence-electron chi connectivity index (χ4n) is 3.16. The second-order valence-corrected chi connectivity index (χ2v) is 5.26. The molecule has 2 nitrogen and oxygen atoms in total. The second kappa shape index (κ2) is 4.34. The van der Waals surface area contributed by atoms with Crippen LogP contribution in [0, 0.1) is 20.8 Å². The van der Waals surface area contributed by atoms with E-state index in [9.17, 15) is 9.90 Å². The van der Waals surface area contributed by atoms with Gasteiger partial charge in [-0.1, -0.05) is 30.3 Å². The number of carboxylic acids is 1. The maximum atomic E-state index is 11.3. The van der Waals surface area contributed by atoms with Gasteiger partial charge in [0.1, 0.15) is 0 Å². The Morgan fingerprint density at radius 3 is 2.00 bits per heavy atom. The number of hydrogen-bond donors (Lipinski definition) is 1. The molecule has 0 amide bonds. The van der Waals surface area contributed by atoms with E-state index in [2.05, 4.69) is 26.0 Å². The molecular formula is C18H16O2. The molecule has 0 radical (unpaired) electrons. The van der Waals surface area contributed by atoms with Crippen LogP contribution >= 0.6 is 0 Å². The van der Waals surface area contributed by atoms with E-state index in [1.165, 1.54) is 16.3 Å². The van der Waals surface area contributed by atoms with Crippen molar-refractivity contribution in [1.82, 2.24) is 0 Å². The molecule has 0 aliphatic heterocycles. The number of fused-ring (bicyclic) bond motifs is 2. The molecule has 0 saturated heterocycles. The van der Waals surface area contributed by atoms with Crippen LogP contribution in [0.1, 0.15) is 27.0 Å². The number of aryl methyl sites for hydroxylation is 3. The minimum absolute atomic E-state index is 0.385. The van der Waals surface area contributed by atoms with Crippen molar-refractivity contribution in [1.29, 1.82) is 0 Å². The van der Waals surface area contributed by atoms with Crippen LogP contribution in [0.15, 0.2) is 36.4 Å². The highest BCUT2D eigenvalue weighted by Gasteiger charge is 2.15. The number of hydrogen-bond acceptors (Lipinski definition) is 1. The minimum atomic E-state index is -0.866. The molecule has 3 aromatic rings. The van der Waals surface area contributed by atoms with Gasteiger partial charge in [0, 0.05) is 0 Å². The Balaban J connectivity index is 2.60. The van der Waals surface area contributed by atoms with Crippen molar-refractivity contribution >= 4 is 27.5 Å². The normalized spacial score (nSPS) is 11.2. The van der Waals surface area contributed by atoms with Crippen molar-refractivity contribution in [3.8, 4) is 0 Å². The van der Waals surface area contributed by atoms with Crippen molar-refractivity contribution in [3.05, 3.63) is 58.7 Å². The third kappa shape index (κ3) is 1.61. The highest BCUT2D eigenvalue weighted by Crippen LogP contribution is 2.34. The summed E-state index contributed by atoms with van der Waals surface area (Å²) in [6.07, 6.45) is 0. The van der Waals surface area contributed by atoms with E-state index in [1.54, 1.807) is 6.07 Å². The molecule has 2 heteroatoms. The van der Waals surface area contributed by atoms with Gasteiger partial charge in [-0.3, -0.25) is 0 Å². The van der Waals surface area contributed by atoms with Crippen LogP contribution in [0.5, 0.6) is 0 Å². The van der Waals surface area contributed by atoms with Gasteiger partial charge in [-0.05, 0) is 65.1 Å². The predicted molar refractivity (Wildman–Crippen MR) is 82.6 cm³/mol. The molecule has 0 saturated carbocycles. The quantitative estimate of drug-likeness (QED) is 0.651. The van der Waals surface area contributed by atoms with Crippen LogP contribution < -0.4 is 0 Å². The average molecular weight is 264 g/mol. The summed E-state index contributed by atoms with van der Waals surface area (Å²) in [7, 11) is 0. The molecule has 0 unspecified atom stereocenters. The Labute approximate surface area is 117 Å². The highest BCUT2D eigenvalue weighted by molar-refractivity contribution is 6.09. The van der Waals surface area contributed by atoms with Crippen LogP contribution in [0.3, 0.4) is 0 Å². The van der Waals surface area contributed by atoms with E-state index >= 15 is 0 Å². The minimum Gasteiger partial charge on any atom is -0.478 e. The Hall–Kier alpha value is -2.35. The Morgan fingerprint density at radius 2 is 1.40 bits per heavy atom. The average Bonchev–Trinajstić information content (AvgIpc) is 2.44. The molecule has 1 N–H and O–H groups in total. The summed E-state index contributed by atoms with van der Waals surface area (Å²) in [5, 5.41) is 13.9. The first kappa shape index (κ1) is 12.7. The summed E-state index contributed by atoms with van der Waals surface area (Å²) in [6, 6.07) is 11.9. The summed E-state index contributed by atoms with van der Waals surface area (Å²) in [6.45, 7) is 6.07. The number of aromatic carboxylic acids is 1. The molecule has 0 spiro atoms. The van der Waals surface area contributed by atoms with Crippen molar-refractivity contribution in [2.45, 2.75) is 20.8 Å². The molecule has 100 valence electrons. The molecule has 0 aliphatic carbocycles. The molecule has 0 aliphatic rings. The molecule has 0 atom stereocenters. The Morgan fingerprint density at radius 1 is 0.800 bits per heavy atom. The molecule has 3 aromatic carbocycles. The first-order valence-corrected chi connectivity index (χ1v) is 6.67. The van der Waals surface area contributed by atoms with Gasteiger partial charge in [-0.15, -0.1) is 0 Å². The summed E-state index contributed by atoms with van der Waals surface area (Å²) >= 11 is 0. The molecule has 20 heavy (non-hydrogen) atoms. The molecule has 0 aromatic heterocycles. The zero-order valence-corrected chi connectivity index (χ0v) is 11.8. The summed E-state index contributed by atoms with van der Waals surface area (Å²) in [5.74, 6) is -0.866. The maximum Gasteiger partial charge on any atom is 0.335 e. The van der Waals surface area contributed by atoms with Gasteiger partial charge >= 0.3 is 5.97 Å². The SMILES string of the molecule is Cc1c2ccccc2c(C)c2c(C)c(C(=O)O)ccc12. The Kier molecular flexibility index (Phi) is 2.75. The molecular weight excluding hydrogens is 248 g/mol. The van der Waals surface area contributed by atoms with E-state index in [4.69, 9.17) is 0 Å². The highest BCUT2D eigenvalue weighted by atomic mass is 16.4. The lowest BCUT2D eigenvalue weighted by Gasteiger charge is -2.15. The maximum absolute atomic E-state index is 11.3. The largest absolute Gasteiger partial charge is 0.478 e. The van der Waals surface area contributed by atoms with Crippen LogP contribution in [0.4, 0.5) is 0 Å². The summed E-state index contributed by atoms with van der Waals surface area (Å²) in [4.78, 5) is 11.3. The van der Waals surface area contributed by atoms with Crippen molar-refractivity contribution in [3.63, 3.8) is 0 Å².